The highest BCUT2D eigenvalue weighted by molar-refractivity contribution is 7.86. The van der Waals surface area contributed by atoms with Gasteiger partial charge in [0.25, 0.3) is 0 Å². The van der Waals surface area contributed by atoms with Gasteiger partial charge in [-0.2, -0.15) is 0 Å². The molecule has 1 amide bonds. The molecular weight excluding hydrogens is 308 g/mol. The number of benzene rings is 2. The third-order valence-corrected chi connectivity index (χ3v) is 4.65. The number of aryl methyl sites for hydroxylation is 1. The quantitative estimate of drug-likeness (QED) is 0.850. The van der Waals surface area contributed by atoms with E-state index in [2.05, 4.69) is 5.32 Å². The molecule has 2 rings (SSSR count). The van der Waals surface area contributed by atoms with Gasteiger partial charge in [-0.15, -0.1) is 0 Å². The van der Waals surface area contributed by atoms with Crippen LogP contribution in [0, 0.1) is 6.92 Å². The van der Waals surface area contributed by atoms with Crippen molar-refractivity contribution >= 4 is 39.7 Å². The lowest BCUT2D eigenvalue weighted by Crippen LogP contribution is -2.20. The van der Waals surface area contributed by atoms with E-state index in [1.807, 2.05) is 25.1 Å². The molecule has 0 spiro atoms. The van der Waals surface area contributed by atoms with Gasteiger partial charge in [-0.25, -0.2) is 0 Å². The van der Waals surface area contributed by atoms with Crippen LogP contribution >= 0.6 is 11.6 Å². The lowest BCUT2D eigenvalue weighted by molar-refractivity contribution is -0.113. The first-order valence-electron chi connectivity index (χ1n) is 6.26. The van der Waals surface area contributed by atoms with Crippen molar-refractivity contribution in [3.05, 3.63) is 53.1 Å². The van der Waals surface area contributed by atoms with E-state index in [0.29, 0.717) is 21.3 Å². The fraction of sp³-hybridized carbons (Fsp3) is 0.133. The average molecular weight is 323 g/mol. The Morgan fingerprint density at radius 2 is 2.00 bits per heavy atom. The summed E-state index contributed by atoms with van der Waals surface area (Å²) in [5.41, 5.74) is 7.79. The number of carbonyl (C=O) groups excluding carboxylic acids is 1. The van der Waals surface area contributed by atoms with Crippen LogP contribution in [0.3, 0.4) is 0 Å². The smallest absolute Gasteiger partial charge is 0.237 e. The summed E-state index contributed by atoms with van der Waals surface area (Å²) < 4.78 is 12.2. The van der Waals surface area contributed by atoms with Crippen molar-refractivity contribution in [2.45, 2.75) is 11.8 Å². The van der Waals surface area contributed by atoms with Crippen LogP contribution in [0.1, 0.15) is 5.56 Å². The lowest BCUT2D eigenvalue weighted by Gasteiger charge is -2.09. The zero-order valence-electron chi connectivity index (χ0n) is 11.4. The van der Waals surface area contributed by atoms with E-state index in [1.165, 1.54) is 0 Å². The molecule has 2 aromatic rings. The van der Waals surface area contributed by atoms with Gasteiger partial charge in [-0.1, -0.05) is 29.8 Å². The Bertz CT molecular complexity index is 684. The number of halogens is 1. The van der Waals surface area contributed by atoms with Gasteiger partial charge in [0.1, 0.15) is 5.75 Å². The summed E-state index contributed by atoms with van der Waals surface area (Å²) in [6.45, 7) is 1.93. The topological polar surface area (TPSA) is 72.2 Å². The number of amides is 1. The molecule has 0 aliphatic heterocycles. The first-order valence-corrected chi connectivity index (χ1v) is 7.96. The highest BCUT2D eigenvalue weighted by Crippen LogP contribution is 2.25. The number of hydrogen-bond acceptors (Lipinski definition) is 3. The molecule has 2 aromatic carbocycles. The molecule has 0 bridgehead atoms. The standard InChI is InChI=1S/C15H15ClN2O2S/c1-10-4-2-5-11(8-10)18-14(19)9-21(20)15-12(16)6-3-7-13(15)17/h2-8H,9,17H2,1H3,(H,18,19). The molecular formula is C15H15ClN2O2S. The van der Waals surface area contributed by atoms with E-state index in [0.717, 1.165) is 5.56 Å². The molecule has 21 heavy (non-hydrogen) atoms. The van der Waals surface area contributed by atoms with E-state index < -0.39 is 10.8 Å². The van der Waals surface area contributed by atoms with Gasteiger partial charge in [-0.3, -0.25) is 9.00 Å². The molecule has 0 radical (unpaired) electrons. The van der Waals surface area contributed by atoms with E-state index in [-0.39, 0.29) is 11.7 Å². The maximum Gasteiger partial charge on any atom is 0.237 e. The Hall–Kier alpha value is -1.85. The number of anilines is 2. The van der Waals surface area contributed by atoms with Gasteiger partial charge in [0.05, 0.1) is 20.7 Å². The maximum absolute atomic E-state index is 12.2. The molecule has 0 saturated heterocycles. The summed E-state index contributed by atoms with van der Waals surface area (Å²) in [5, 5.41) is 3.01. The third-order valence-electron chi connectivity index (χ3n) is 2.79. The number of nitrogens with two attached hydrogens (primary N) is 1. The third kappa shape index (κ3) is 4.06. The molecule has 0 fully saturated rings. The van der Waals surface area contributed by atoms with E-state index in [4.69, 9.17) is 17.3 Å². The SMILES string of the molecule is Cc1cccc(NC(=O)CS(=O)c2c(N)cccc2Cl)c1. The molecule has 3 N–H and O–H groups in total. The summed E-state index contributed by atoms with van der Waals surface area (Å²) >= 11 is 5.98. The summed E-state index contributed by atoms with van der Waals surface area (Å²) in [5.74, 6) is -0.541. The fourth-order valence-corrected chi connectivity index (χ4v) is 3.39. The predicted octanol–water partition coefficient (Wildman–Crippen LogP) is 2.98. The van der Waals surface area contributed by atoms with Gasteiger partial charge in [-0.05, 0) is 36.8 Å². The second-order valence-corrected chi connectivity index (χ2v) is 6.36. The largest absolute Gasteiger partial charge is 0.398 e. The van der Waals surface area contributed by atoms with Crippen LogP contribution in [0.4, 0.5) is 11.4 Å². The summed E-state index contributed by atoms with van der Waals surface area (Å²) in [6, 6.07) is 12.3. The highest BCUT2D eigenvalue weighted by Gasteiger charge is 2.16. The Morgan fingerprint density at radius 3 is 2.67 bits per heavy atom. The Balaban J connectivity index is 2.08. The molecule has 0 aliphatic carbocycles. The molecule has 0 saturated carbocycles. The highest BCUT2D eigenvalue weighted by atomic mass is 35.5. The number of rotatable bonds is 4. The summed E-state index contributed by atoms with van der Waals surface area (Å²) in [6.07, 6.45) is 0. The Morgan fingerprint density at radius 1 is 1.29 bits per heavy atom. The van der Waals surface area contributed by atoms with Crippen molar-refractivity contribution in [3.63, 3.8) is 0 Å². The van der Waals surface area contributed by atoms with Gasteiger partial charge in [0.15, 0.2) is 0 Å². The van der Waals surface area contributed by atoms with Gasteiger partial charge < -0.3 is 11.1 Å². The van der Waals surface area contributed by atoms with E-state index >= 15 is 0 Å². The van der Waals surface area contributed by atoms with Crippen molar-refractivity contribution in [2.75, 3.05) is 16.8 Å². The second-order valence-electron chi connectivity index (χ2n) is 4.57. The summed E-state index contributed by atoms with van der Waals surface area (Å²) in [7, 11) is -1.58. The molecule has 110 valence electrons. The van der Waals surface area contributed by atoms with Gasteiger partial charge >= 0.3 is 0 Å². The van der Waals surface area contributed by atoms with Crippen LogP contribution in [0.25, 0.3) is 0 Å². The first-order chi connectivity index (χ1) is 9.97. The maximum atomic E-state index is 12.2. The van der Waals surface area contributed by atoms with Crippen LogP contribution in [-0.2, 0) is 15.6 Å². The molecule has 0 heterocycles. The van der Waals surface area contributed by atoms with Crippen LogP contribution in [0.5, 0.6) is 0 Å². The number of hydrogen-bond donors (Lipinski definition) is 2. The molecule has 1 atom stereocenters. The minimum Gasteiger partial charge on any atom is -0.398 e. The van der Waals surface area contributed by atoms with Crippen molar-refractivity contribution in [1.82, 2.24) is 0 Å². The molecule has 1 unspecified atom stereocenters. The van der Waals surface area contributed by atoms with Crippen LogP contribution in [0.15, 0.2) is 47.4 Å². The second kappa shape index (κ2) is 6.74. The van der Waals surface area contributed by atoms with Crippen molar-refractivity contribution < 1.29 is 9.00 Å². The first kappa shape index (κ1) is 15.5. The Labute approximate surface area is 130 Å². The van der Waals surface area contributed by atoms with Crippen molar-refractivity contribution in [1.29, 1.82) is 0 Å². The zero-order chi connectivity index (χ0) is 15.4. The molecule has 0 aliphatic rings. The van der Waals surface area contributed by atoms with Crippen molar-refractivity contribution in [2.24, 2.45) is 0 Å². The number of nitrogen functional groups attached to an aromatic ring is 1. The van der Waals surface area contributed by atoms with Gasteiger partial charge in [0.2, 0.25) is 5.91 Å². The minimum absolute atomic E-state index is 0.193. The summed E-state index contributed by atoms with van der Waals surface area (Å²) in [4.78, 5) is 12.2. The molecule has 6 heteroatoms. The van der Waals surface area contributed by atoms with E-state index in [9.17, 15) is 9.00 Å². The van der Waals surface area contributed by atoms with Crippen LogP contribution in [-0.4, -0.2) is 15.9 Å². The molecule has 4 nitrogen and oxygen atoms in total. The monoisotopic (exact) mass is 322 g/mol. The normalized spacial score (nSPS) is 11.9. The Kier molecular flexibility index (Phi) is 4.98. The number of carbonyl (C=O) groups is 1. The molecule has 0 aromatic heterocycles. The van der Waals surface area contributed by atoms with Crippen LogP contribution < -0.4 is 11.1 Å². The predicted molar refractivity (Wildman–Crippen MR) is 86.9 cm³/mol. The number of nitrogens with one attached hydrogen (secondary N) is 1. The van der Waals surface area contributed by atoms with Crippen LogP contribution in [0.2, 0.25) is 5.02 Å². The average Bonchev–Trinajstić information content (AvgIpc) is 2.38. The van der Waals surface area contributed by atoms with Crippen molar-refractivity contribution in [3.8, 4) is 0 Å². The fourth-order valence-electron chi connectivity index (χ4n) is 1.88. The van der Waals surface area contributed by atoms with Gasteiger partial charge in [0, 0.05) is 11.4 Å². The zero-order valence-corrected chi connectivity index (χ0v) is 13.0. The lowest BCUT2D eigenvalue weighted by atomic mass is 10.2. The minimum atomic E-state index is -1.58. The van der Waals surface area contributed by atoms with E-state index in [1.54, 1.807) is 24.3 Å².